The number of carbonyl (C=O) groups excluding carboxylic acids is 1. The largest absolute Gasteiger partial charge is 0.480 e. The third-order valence-corrected chi connectivity index (χ3v) is 2.40. The van der Waals surface area contributed by atoms with Crippen molar-refractivity contribution in [3.63, 3.8) is 0 Å². The lowest BCUT2D eigenvalue weighted by Crippen LogP contribution is -2.48. The molecular weight excluding hydrogens is 255 g/mol. The highest BCUT2D eigenvalue weighted by Crippen LogP contribution is 2.02. The fourth-order valence-corrected chi connectivity index (χ4v) is 1.37. The van der Waals surface area contributed by atoms with Gasteiger partial charge in [-0.25, -0.2) is 14.0 Å². The first-order valence-electron chi connectivity index (χ1n) is 5.65. The van der Waals surface area contributed by atoms with E-state index in [0.29, 0.717) is 6.42 Å². The number of aliphatic hydroxyl groups excluding tert-OH is 1. The Morgan fingerprint density at radius 2 is 1.89 bits per heavy atom. The van der Waals surface area contributed by atoms with E-state index < -0.39 is 24.6 Å². The first kappa shape index (κ1) is 14.9. The fourth-order valence-electron chi connectivity index (χ4n) is 1.37. The van der Waals surface area contributed by atoms with Crippen LogP contribution in [0.5, 0.6) is 0 Å². The molecule has 0 aliphatic carbocycles. The number of benzene rings is 1. The van der Waals surface area contributed by atoms with Gasteiger partial charge in [0.25, 0.3) is 0 Å². The highest BCUT2D eigenvalue weighted by Gasteiger charge is 2.17. The van der Waals surface area contributed by atoms with Crippen molar-refractivity contribution in [3.05, 3.63) is 35.6 Å². The standard InChI is InChI=1S/C12H15FN2O4/c13-9-3-1-8(2-4-9)5-6-14-12(19)15-10(7-16)11(17)18/h1-4,10,16H,5-7H2,(H,17,18)(H2,14,15,19)/t10-/m1/s1. The van der Waals surface area contributed by atoms with Crippen LogP contribution in [0.25, 0.3) is 0 Å². The van der Waals surface area contributed by atoms with Crippen molar-refractivity contribution in [3.8, 4) is 0 Å². The molecule has 4 N–H and O–H groups in total. The van der Waals surface area contributed by atoms with Gasteiger partial charge in [0.2, 0.25) is 0 Å². The second-order valence-corrected chi connectivity index (χ2v) is 3.85. The number of aliphatic hydroxyl groups is 1. The van der Waals surface area contributed by atoms with Crippen molar-refractivity contribution in [2.45, 2.75) is 12.5 Å². The molecule has 0 fully saturated rings. The molecule has 2 amide bonds. The highest BCUT2D eigenvalue weighted by molar-refractivity contribution is 5.82. The number of amides is 2. The lowest BCUT2D eigenvalue weighted by molar-refractivity contribution is -0.140. The Labute approximate surface area is 109 Å². The third-order valence-electron chi connectivity index (χ3n) is 2.40. The van der Waals surface area contributed by atoms with Crippen LogP contribution in [0, 0.1) is 5.82 Å². The predicted octanol–water partition coefficient (Wildman–Crippen LogP) is 0.113. The van der Waals surface area contributed by atoms with E-state index in [1.54, 1.807) is 12.1 Å². The van der Waals surface area contributed by atoms with Gasteiger partial charge >= 0.3 is 12.0 Å². The SMILES string of the molecule is O=C(NCCc1ccc(F)cc1)N[C@H](CO)C(=O)O. The molecule has 0 bridgehead atoms. The molecule has 0 aliphatic heterocycles. The second kappa shape index (κ2) is 7.32. The molecule has 1 aromatic rings. The number of nitrogens with one attached hydrogen (secondary N) is 2. The van der Waals surface area contributed by atoms with E-state index in [2.05, 4.69) is 10.6 Å². The summed E-state index contributed by atoms with van der Waals surface area (Å²) in [7, 11) is 0. The van der Waals surface area contributed by atoms with Gasteiger partial charge in [-0.1, -0.05) is 12.1 Å². The normalized spacial score (nSPS) is 11.7. The summed E-state index contributed by atoms with van der Waals surface area (Å²) in [6, 6.07) is 3.84. The Balaban J connectivity index is 2.30. The molecule has 0 saturated carbocycles. The topological polar surface area (TPSA) is 98.7 Å². The summed E-state index contributed by atoms with van der Waals surface area (Å²) in [6.45, 7) is -0.407. The van der Waals surface area contributed by atoms with Gasteiger partial charge in [0.1, 0.15) is 5.82 Å². The molecule has 19 heavy (non-hydrogen) atoms. The smallest absolute Gasteiger partial charge is 0.328 e. The molecule has 104 valence electrons. The number of aliphatic carboxylic acids is 1. The van der Waals surface area contributed by atoms with E-state index in [1.165, 1.54) is 12.1 Å². The minimum atomic E-state index is -1.33. The lowest BCUT2D eigenvalue weighted by atomic mass is 10.1. The number of rotatable bonds is 6. The summed E-state index contributed by atoms with van der Waals surface area (Å²) in [5.41, 5.74) is 0.846. The first-order chi connectivity index (χ1) is 9.02. The van der Waals surface area contributed by atoms with E-state index in [4.69, 9.17) is 10.2 Å². The molecule has 7 heteroatoms. The Bertz CT molecular complexity index is 436. The van der Waals surface area contributed by atoms with Gasteiger partial charge in [-0.15, -0.1) is 0 Å². The van der Waals surface area contributed by atoms with Crippen molar-refractivity contribution in [1.29, 1.82) is 0 Å². The maximum absolute atomic E-state index is 12.6. The van der Waals surface area contributed by atoms with Crippen LogP contribution < -0.4 is 10.6 Å². The van der Waals surface area contributed by atoms with Crippen LogP contribution in [0.4, 0.5) is 9.18 Å². The predicted molar refractivity (Wildman–Crippen MR) is 65.1 cm³/mol. The van der Waals surface area contributed by atoms with Gasteiger partial charge < -0.3 is 20.8 Å². The quantitative estimate of drug-likeness (QED) is 0.589. The van der Waals surface area contributed by atoms with Crippen molar-refractivity contribution in [2.75, 3.05) is 13.2 Å². The molecule has 1 atom stereocenters. The molecule has 1 aromatic carbocycles. The van der Waals surface area contributed by atoms with Crippen LogP contribution in [0.15, 0.2) is 24.3 Å². The van der Waals surface area contributed by atoms with Gasteiger partial charge in [-0.3, -0.25) is 0 Å². The summed E-state index contributed by atoms with van der Waals surface area (Å²) in [6.07, 6.45) is 0.491. The number of carboxylic acid groups (broad SMARTS) is 1. The van der Waals surface area contributed by atoms with Gasteiger partial charge in [-0.05, 0) is 24.1 Å². The van der Waals surface area contributed by atoms with Crippen molar-refractivity contribution >= 4 is 12.0 Å². The third kappa shape index (κ3) is 5.35. The monoisotopic (exact) mass is 270 g/mol. The number of hydrogen-bond acceptors (Lipinski definition) is 3. The summed E-state index contributed by atoms with van der Waals surface area (Å²) < 4.78 is 12.6. The number of carboxylic acids is 1. The van der Waals surface area contributed by atoms with Gasteiger partial charge in [0.05, 0.1) is 6.61 Å². The van der Waals surface area contributed by atoms with E-state index in [-0.39, 0.29) is 12.4 Å². The van der Waals surface area contributed by atoms with Gasteiger partial charge in [-0.2, -0.15) is 0 Å². The molecule has 0 aliphatic rings. The summed E-state index contributed by atoms with van der Waals surface area (Å²) in [5, 5.41) is 21.9. The zero-order chi connectivity index (χ0) is 14.3. The molecular formula is C12H15FN2O4. The average molecular weight is 270 g/mol. The van der Waals surface area contributed by atoms with E-state index in [1.807, 2.05) is 0 Å². The van der Waals surface area contributed by atoms with E-state index in [9.17, 15) is 14.0 Å². The summed E-state index contributed by atoms with van der Waals surface area (Å²) in [5.74, 6) is -1.64. The van der Waals surface area contributed by atoms with Crippen LogP contribution in [0.2, 0.25) is 0 Å². The summed E-state index contributed by atoms with van der Waals surface area (Å²) >= 11 is 0. The Morgan fingerprint density at radius 3 is 2.42 bits per heavy atom. The van der Waals surface area contributed by atoms with Crippen molar-refractivity contribution in [2.24, 2.45) is 0 Å². The number of urea groups is 1. The molecule has 0 aromatic heterocycles. The maximum atomic E-state index is 12.6. The van der Waals surface area contributed by atoms with E-state index in [0.717, 1.165) is 5.56 Å². The molecule has 0 unspecified atom stereocenters. The van der Waals surface area contributed by atoms with Crippen LogP contribution >= 0.6 is 0 Å². The fraction of sp³-hybridized carbons (Fsp3) is 0.333. The minimum Gasteiger partial charge on any atom is -0.480 e. The molecule has 1 rings (SSSR count). The Morgan fingerprint density at radius 1 is 1.26 bits per heavy atom. The Hall–Kier alpha value is -2.15. The van der Waals surface area contributed by atoms with Gasteiger partial charge in [0, 0.05) is 6.54 Å². The van der Waals surface area contributed by atoms with Crippen LogP contribution in [-0.2, 0) is 11.2 Å². The summed E-state index contributed by atoms with van der Waals surface area (Å²) in [4.78, 5) is 21.9. The highest BCUT2D eigenvalue weighted by atomic mass is 19.1. The second-order valence-electron chi connectivity index (χ2n) is 3.85. The molecule has 0 saturated heterocycles. The first-order valence-corrected chi connectivity index (χ1v) is 5.65. The zero-order valence-corrected chi connectivity index (χ0v) is 10.1. The number of halogens is 1. The van der Waals surface area contributed by atoms with Gasteiger partial charge in [0.15, 0.2) is 6.04 Å². The molecule has 6 nitrogen and oxygen atoms in total. The minimum absolute atomic E-state index is 0.273. The van der Waals surface area contributed by atoms with Crippen LogP contribution in [-0.4, -0.2) is 41.4 Å². The zero-order valence-electron chi connectivity index (χ0n) is 10.1. The number of carbonyl (C=O) groups is 2. The average Bonchev–Trinajstić information content (AvgIpc) is 2.38. The molecule has 0 heterocycles. The van der Waals surface area contributed by atoms with Crippen LogP contribution in [0.3, 0.4) is 0 Å². The Kier molecular flexibility index (Phi) is 5.74. The lowest BCUT2D eigenvalue weighted by Gasteiger charge is -2.12. The molecule has 0 spiro atoms. The number of hydrogen-bond donors (Lipinski definition) is 4. The van der Waals surface area contributed by atoms with Crippen molar-refractivity contribution in [1.82, 2.24) is 10.6 Å². The van der Waals surface area contributed by atoms with Crippen LogP contribution in [0.1, 0.15) is 5.56 Å². The van der Waals surface area contributed by atoms with Crippen molar-refractivity contribution < 1.29 is 24.2 Å². The molecule has 0 radical (unpaired) electrons. The van der Waals surface area contributed by atoms with E-state index >= 15 is 0 Å². The maximum Gasteiger partial charge on any atom is 0.328 e.